The van der Waals surface area contributed by atoms with Crippen molar-refractivity contribution in [3.8, 4) is 0 Å². The van der Waals surface area contributed by atoms with Gasteiger partial charge < -0.3 is 15.5 Å². The Kier molecular flexibility index (Phi) is 5.25. The van der Waals surface area contributed by atoms with E-state index in [9.17, 15) is 9.59 Å². The summed E-state index contributed by atoms with van der Waals surface area (Å²) in [6, 6.07) is 16.8. The molecule has 0 unspecified atom stereocenters. The molecule has 9 nitrogen and oxygen atoms in total. The Morgan fingerprint density at radius 3 is 2.62 bits per heavy atom. The van der Waals surface area contributed by atoms with Gasteiger partial charge in [0.05, 0.1) is 12.3 Å². The number of oxazole rings is 1. The van der Waals surface area contributed by atoms with E-state index >= 15 is 0 Å². The van der Waals surface area contributed by atoms with Crippen molar-refractivity contribution in [3.63, 3.8) is 0 Å². The van der Waals surface area contributed by atoms with Gasteiger partial charge in [0.15, 0.2) is 17.1 Å². The molecule has 0 spiro atoms. The number of nitrogens with zero attached hydrogens (tertiary/aromatic N) is 4. The first-order valence-electron chi connectivity index (χ1n) is 8.65. The van der Waals surface area contributed by atoms with Crippen LogP contribution in [-0.4, -0.2) is 37.5 Å². The number of anilines is 1. The molecule has 0 aliphatic rings. The summed E-state index contributed by atoms with van der Waals surface area (Å²) in [7, 11) is 0. The molecule has 0 aliphatic carbocycles. The first kappa shape index (κ1) is 18.7. The van der Waals surface area contributed by atoms with Gasteiger partial charge in [-0.2, -0.15) is 0 Å². The van der Waals surface area contributed by atoms with E-state index in [4.69, 9.17) is 10.2 Å². The summed E-state index contributed by atoms with van der Waals surface area (Å²) in [4.78, 5) is 28.4. The summed E-state index contributed by atoms with van der Waals surface area (Å²) in [5.74, 6) is -0.950. The predicted octanol–water partition coefficient (Wildman–Crippen LogP) is 2.30. The fourth-order valence-corrected chi connectivity index (χ4v) is 3.32. The lowest BCUT2D eigenvalue weighted by Crippen LogP contribution is -2.21. The van der Waals surface area contributed by atoms with Crippen molar-refractivity contribution < 1.29 is 14.0 Å². The molecule has 2 heterocycles. The number of amides is 2. The molecule has 0 saturated carbocycles. The lowest BCUT2D eigenvalue weighted by molar-refractivity contribution is -0.113. The zero-order chi connectivity index (χ0) is 20.2. The molecule has 3 N–H and O–H groups in total. The van der Waals surface area contributed by atoms with E-state index in [1.807, 2.05) is 48.5 Å². The van der Waals surface area contributed by atoms with Crippen LogP contribution in [0.3, 0.4) is 0 Å². The van der Waals surface area contributed by atoms with Gasteiger partial charge in [0.2, 0.25) is 5.91 Å². The van der Waals surface area contributed by atoms with Crippen LogP contribution in [0.5, 0.6) is 0 Å². The van der Waals surface area contributed by atoms with E-state index in [0.717, 1.165) is 22.8 Å². The third-order valence-corrected chi connectivity index (χ3v) is 4.83. The Labute approximate surface area is 169 Å². The van der Waals surface area contributed by atoms with E-state index in [2.05, 4.69) is 20.6 Å². The molecule has 0 fully saturated rings. The van der Waals surface area contributed by atoms with Crippen LogP contribution in [0.1, 0.15) is 16.1 Å². The van der Waals surface area contributed by atoms with Crippen molar-refractivity contribution in [1.29, 1.82) is 0 Å². The van der Waals surface area contributed by atoms with Crippen molar-refractivity contribution in [2.24, 2.45) is 5.73 Å². The van der Waals surface area contributed by atoms with Crippen molar-refractivity contribution in [3.05, 3.63) is 65.9 Å². The molecule has 0 saturated heterocycles. The average Bonchev–Trinajstić information content (AvgIpc) is 3.31. The Morgan fingerprint density at radius 1 is 1.10 bits per heavy atom. The fourth-order valence-electron chi connectivity index (χ4n) is 2.68. The number of primary amides is 1. The molecular weight excluding hydrogens is 392 g/mol. The number of rotatable bonds is 7. The molecular formula is C19H16N6O3S. The SMILES string of the molecule is NC(=O)c1nnn(Cc2ccccc2)c1NC(=O)CSc1nc2ccccc2o1. The highest BCUT2D eigenvalue weighted by Crippen LogP contribution is 2.23. The van der Waals surface area contributed by atoms with Gasteiger partial charge in [-0.15, -0.1) is 5.10 Å². The average molecular weight is 408 g/mol. The van der Waals surface area contributed by atoms with Crippen molar-refractivity contribution >= 4 is 40.5 Å². The van der Waals surface area contributed by atoms with E-state index < -0.39 is 5.91 Å². The molecule has 0 aliphatic heterocycles. The number of carbonyl (C=O) groups is 2. The molecule has 4 aromatic rings. The molecule has 2 aromatic heterocycles. The smallest absolute Gasteiger partial charge is 0.273 e. The maximum absolute atomic E-state index is 12.5. The first-order chi connectivity index (χ1) is 14.1. The Morgan fingerprint density at radius 2 is 1.86 bits per heavy atom. The highest BCUT2D eigenvalue weighted by Gasteiger charge is 2.20. The predicted molar refractivity (Wildman–Crippen MR) is 107 cm³/mol. The van der Waals surface area contributed by atoms with Crippen molar-refractivity contribution in [2.75, 3.05) is 11.1 Å². The molecule has 2 aromatic carbocycles. The van der Waals surface area contributed by atoms with Gasteiger partial charge in [-0.1, -0.05) is 59.4 Å². The van der Waals surface area contributed by atoms with Gasteiger partial charge in [-0.3, -0.25) is 9.59 Å². The van der Waals surface area contributed by atoms with Crippen LogP contribution in [-0.2, 0) is 11.3 Å². The van der Waals surface area contributed by atoms with Crippen LogP contribution in [0.4, 0.5) is 5.82 Å². The number of fused-ring (bicyclic) bond motifs is 1. The minimum absolute atomic E-state index is 0.0293. The zero-order valence-corrected chi connectivity index (χ0v) is 15.9. The van der Waals surface area contributed by atoms with Crippen LogP contribution in [0, 0.1) is 0 Å². The molecule has 2 amide bonds. The quantitative estimate of drug-likeness (QED) is 0.449. The molecule has 29 heavy (non-hydrogen) atoms. The number of para-hydroxylation sites is 2. The second-order valence-corrected chi connectivity index (χ2v) is 7.01. The van der Waals surface area contributed by atoms with E-state index in [1.54, 1.807) is 6.07 Å². The van der Waals surface area contributed by atoms with Gasteiger partial charge >= 0.3 is 0 Å². The molecule has 0 radical (unpaired) electrons. The normalized spacial score (nSPS) is 10.9. The second kappa shape index (κ2) is 8.15. The maximum atomic E-state index is 12.5. The van der Waals surface area contributed by atoms with Crippen LogP contribution in [0.2, 0.25) is 0 Å². The molecule has 10 heteroatoms. The zero-order valence-electron chi connectivity index (χ0n) is 15.1. The van der Waals surface area contributed by atoms with Crippen LogP contribution in [0.25, 0.3) is 11.1 Å². The number of thioether (sulfide) groups is 1. The molecule has 146 valence electrons. The summed E-state index contributed by atoms with van der Waals surface area (Å²) in [6.07, 6.45) is 0. The van der Waals surface area contributed by atoms with Crippen LogP contribution in [0.15, 0.2) is 64.2 Å². The van der Waals surface area contributed by atoms with Crippen molar-refractivity contribution in [1.82, 2.24) is 20.0 Å². The van der Waals surface area contributed by atoms with Gasteiger partial charge in [-0.05, 0) is 17.7 Å². The van der Waals surface area contributed by atoms with Crippen molar-refractivity contribution in [2.45, 2.75) is 11.8 Å². The minimum atomic E-state index is -0.772. The lowest BCUT2D eigenvalue weighted by atomic mass is 10.2. The third-order valence-electron chi connectivity index (χ3n) is 4.00. The largest absolute Gasteiger partial charge is 0.431 e. The summed E-state index contributed by atoms with van der Waals surface area (Å²) in [6.45, 7) is 0.328. The Hall–Kier alpha value is -3.66. The Bertz CT molecular complexity index is 1140. The maximum Gasteiger partial charge on any atom is 0.273 e. The highest BCUT2D eigenvalue weighted by molar-refractivity contribution is 7.99. The Balaban J connectivity index is 1.47. The van der Waals surface area contributed by atoms with Crippen LogP contribution < -0.4 is 11.1 Å². The standard InChI is InChI=1S/C19H16N6O3S/c20-17(27)16-18(25(24-23-16)10-12-6-2-1-3-7-12)22-15(26)11-29-19-21-13-8-4-5-9-14(13)28-19/h1-9H,10-11H2,(H2,20,27)(H,22,26). The summed E-state index contributed by atoms with van der Waals surface area (Å²) in [5, 5.41) is 10.8. The monoisotopic (exact) mass is 408 g/mol. The van der Waals surface area contributed by atoms with Gasteiger partial charge in [0, 0.05) is 0 Å². The first-order valence-corrected chi connectivity index (χ1v) is 9.64. The highest BCUT2D eigenvalue weighted by atomic mass is 32.2. The number of carbonyl (C=O) groups excluding carboxylic acids is 2. The second-order valence-electron chi connectivity index (χ2n) is 6.08. The third kappa shape index (κ3) is 4.27. The van der Waals surface area contributed by atoms with Gasteiger partial charge in [0.1, 0.15) is 5.52 Å². The molecule has 4 rings (SSSR count). The van der Waals surface area contributed by atoms with Gasteiger partial charge in [0.25, 0.3) is 11.1 Å². The van der Waals surface area contributed by atoms with E-state index in [0.29, 0.717) is 17.4 Å². The lowest BCUT2D eigenvalue weighted by Gasteiger charge is -2.08. The molecule has 0 bridgehead atoms. The number of benzene rings is 2. The number of nitrogens with one attached hydrogen (secondary N) is 1. The number of aromatic nitrogens is 4. The number of hydrogen-bond acceptors (Lipinski definition) is 7. The summed E-state index contributed by atoms with van der Waals surface area (Å²) >= 11 is 1.14. The number of hydrogen-bond donors (Lipinski definition) is 2. The fraction of sp³-hybridized carbons (Fsp3) is 0.105. The minimum Gasteiger partial charge on any atom is -0.431 e. The summed E-state index contributed by atoms with van der Waals surface area (Å²) in [5.41, 5.74) is 7.58. The van der Waals surface area contributed by atoms with Crippen LogP contribution >= 0.6 is 11.8 Å². The topological polar surface area (TPSA) is 129 Å². The van der Waals surface area contributed by atoms with E-state index in [-0.39, 0.29) is 23.2 Å². The summed E-state index contributed by atoms with van der Waals surface area (Å²) < 4.78 is 7.01. The molecule has 0 atom stereocenters. The number of nitrogens with two attached hydrogens (primary N) is 1. The van der Waals surface area contributed by atoms with Gasteiger partial charge in [-0.25, -0.2) is 9.67 Å². The van der Waals surface area contributed by atoms with E-state index in [1.165, 1.54) is 4.68 Å².